The van der Waals surface area contributed by atoms with E-state index in [1.165, 1.54) is 34.7 Å². The molecule has 1 heterocycles. The highest BCUT2D eigenvalue weighted by Gasteiger charge is 2.28. The number of alkyl carbamates (subject to hydrolysis) is 1. The van der Waals surface area contributed by atoms with Crippen LogP contribution in [-0.2, 0) is 4.74 Å². The van der Waals surface area contributed by atoms with Gasteiger partial charge < -0.3 is 14.6 Å². The fraction of sp³-hybridized carbons (Fsp3) is 0.143. The SMILES string of the molecule is O=C(NCC#Cc1cnoc1)OCC1c2ccccc2-c2ccccc21. The number of carbonyl (C=O) groups excluding carboxylic acids is 1. The maximum atomic E-state index is 12.0. The Balaban J connectivity index is 1.38. The van der Waals surface area contributed by atoms with Crippen LogP contribution in [0.2, 0.25) is 0 Å². The molecule has 1 amide bonds. The molecule has 0 saturated heterocycles. The zero-order chi connectivity index (χ0) is 17.8. The number of hydrogen-bond acceptors (Lipinski definition) is 4. The van der Waals surface area contributed by atoms with E-state index < -0.39 is 6.09 Å². The van der Waals surface area contributed by atoms with E-state index in [0.717, 1.165) is 0 Å². The Hall–Kier alpha value is -3.52. The molecule has 1 aromatic heterocycles. The van der Waals surface area contributed by atoms with Gasteiger partial charge in [-0.25, -0.2) is 4.79 Å². The highest BCUT2D eigenvalue weighted by molar-refractivity contribution is 5.79. The fourth-order valence-corrected chi connectivity index (χ4v) is 3.18. The molecule has 5 heteroatoms. The second kappa shape index (κ2) is 7.16. The average molecular weight is 344 g/mol. The second-order valence-electron chi connectivity index (χ2n) is 5.89. The van der Waals surface area contributed by atoms with E-state index in [4.69, 9.17) is 4.74 Å². The maximum absolute atomic E-state index is 12.0. The van der Waals surface area contributed by atoms with Crippen LogP contribution >= 0.6 is 0 Å². The Kier molecular flexibility index (Phi) is 4.40. The van der Waals surface area contributed by atoms with E-state index in [2.05, 4.69) is 51.1 Å². The minimum absolute atomic E-state index is 0.0521. The van der Waals surface area contributed by atoms with Crippen molar-refractivity contribution in [1.29, 1.82) is 0 Å². The Morgan fingerprint density at radius 3 is 2.46 bits per heavy atom. The van der Waals surface area contributed by atoms with Crippen LogP contribution in [0.4, 0.5) is 4.79 Å². The maximum Gasteiger partial charge on any atom is 0.407 e. The molecule has 128 valence electrons. The number of ether oxygens (including phenoxy) is 1. The molecule has 1 aliphatic rings. The topological polar surface area (TPSA) is 64.4 Å². The van der Waals surface area contributed by atoms with Gasteiger partial charge in [0.1, 0.15) is 12.9 Å². The molecule has 3 aromatic rings. The van der Waals surface area contributed by atoms with Crippen LogP contribution in [0, 0.1) is 11.8 Å². The molecule has 1 N–H and O–H groups in total. The summed E-state index contributed by atoms with van der Waals surface area (Å²) in [4.78, 5) is 12.0. The second-order valence-corrected chi connectivity index (χ2v) is 5.89. The van der Waals surface area contributed by atoms with Crippen molar-refractivity contribution in [3.8, 4) is 23.0 Å². The lowest BCUT2D eigenvalue weighted by molar-refractivity contribution is 0.144. The summed E-state index contributed by atoms with van der Waals surface area (Å²) in [7, 11) is 0. The molecule has 1 aliphatic carbocycles. The van der Waals surface area contributed by atoms with Gasteiger partial charge in [0.2, 0.25) is 0 Å². The van der Waals surface area contributed by atoms with Crippen LogP contribution in [0.1, 0.15) is 22.6 Å². The summed E-state index contributed by atoms with van der Waals surface area (Å²) in [6, 6.07) is 16.5. The first-order valence-electron chi connectivity index (χ1n) is 8.30. The molecular formula is C21H16N2O3. The molecule has 0 bridgehead atoms. The van der Waals surface area contributed by atoms with Crippen molar-refractivity contribution in [2.24, 2.45) is 0 Å². The van der Waals surface area contributed by atoms with Gasteiger partial charge in [0.05, 0.1) is 18.3 Å². The van der Waals surface area contributed by atoms with Gasteiger partial charge in [-0.05, 0) is 22.3 Å². The molecule has 2 aromatic carbocycles. The molecule has 0 atom stereocenters. The number of hydrogen-bond donors (Lipinski definition) is 1. The fourth-order valence-electron chi connectivity index (χ4n) is 3.18. The molecule has 0 radical (unpaired) electrons. The van der Waals surface area contributed by atoms with Crippen LogP contribution in [0.5, 0.6) is 0 Å². The van der Waals surface area contributed by atoms with Crippen LogP contribution in [0.15, 0.2) is 65.5 Å². The lowest BCUT2D eigenvalue weighted by atomic mass is 9.98. The first kappa shape index (κ1) is 16.0. The van der Waals surface area contributed by atoms with E-state index >= 15 is 0 Å². The minimum Gasteiger partial charge on any atom is -0.449 e. The summed E-state index contributed by atoms with van der Waals surface area (Å²) in [5.74, 6) is 5.69. The van der Waals surface area contributed by atoms with Crippen LogP contribution in [0.25, 0.3) is 11.1 Å². The summed E-state index contributed by atoms with van der Waals surface area (Å²) in [6.07, 6.45) is 2.48. The predicted molar refractivity (Wildman–Crippen MR) is 96.5 cm³/mol. The number of benzene rings is 2. The largest absolute Gasteiger partial charge is 0.449 e. The Morgan fingerprint density at radius 2 is 1.81 bits per heavy atom. The van der Waals surface area contributed by atoms with Crippen molar-refractivity contribution in [2.45, 2.75) is 5.92 Å². The normalized spacial score (nSPS) is 11.8. The number of nitrogens with zero attached hydrogens (tertiary/aromatic N) is 1. The van der Waals surface area contributed by atoms with Crippen molar-refractivity contribution < 1.29 is 14.1 Å². The third-order valence-corrected chi connectivity index (χ3v) is 4.33. The molecule has 26 heavy (non-hydrogen) atoms. The third-order valence-electron chi connectivity index (χ3n) is 4.33. The monoisotopic (exact) mass is 344 g/mol. The summed E-state index contributed by atoms with van der Waals surface area (Å²) in [5, 5.41) is 6.19. The molecule has 0 spiro atoms. The van der Waals surface area contributed by atoms with Crippen molar-refractivity contribution in [1.82, 2.24) is 10.5 Å². The zero-order valence-electron chi connectivity index (χ0n) is 13.9. The number of nitrogens with one attached hydrogen (secondary N) is 1. The summed E-state index contributed by atoms with van der Waals surface area (Å²) < 4.78 is 10.1. The zero-order valence-corrected chi connectivity index (χ0v) is 13.9. The van der Waals surface area contributed by atoms with E-state index in [9.17, 15) is 4.79 Å². The van der Waals surface area contributed by atoms with Gasteiger partial charge in [0.15, 0.2) is 0 Å². The smallest absolute Gasteiger partial charge is 0.407 e. The highest BCUT2D eigenvalue weighted by Crippen LogP contribution is 2.44. The third kappa shape index (κ3) is 3.17. The Morgan fingerprint density at radius 1 is 1.12 bits per heavy atom. The average Bonchev–Trinajstić information content (AvgIpc) is 3.30. The lowest BCUT2D eigenvalue weighted by Crippen LogP contribution is -2.26. The number of amides is 1. The predicted octanol–water partition coefficient (Wildman–Crippen LogP) is 3.56. The van der Waals surface area contributed by atoms with Gasteiger partial charge in [-0.2, -0.15) is 0 Å². The quantitative estimate of drug-likeness (QED) is 0.738. The van der Waals surface area contributed by atoms with Crippen molar-refractivity contribution >= 4 is 6.09 Å². The van der Waals surface area contributed by atoms with Gasteiger partial charge in [0, 0.05) is 5.92 Å². The van der Waals surface area contributed by atoms with Gasteiger partial charge in [-0.1, -0.05) is 65.5 Å². The molecule has 0 unspecified atom stereocenters. The standard InChI is InChI=1S/C21H16N2O3/c24-21(22-11-5-6-15-12-23-26-13-15)25-14-20-18-9-3-1-7-16(18)17-8-2-4-10-19(17)20/h1-4,7-10,12-13,20H,11,14H2,(H,22,24). The number of fused-ring (bicyclic) bond motifs is 3. The van der Waals surface area contributed by atoms with Gasteiger partial charge in [0.25, 0.3) is 0 Å². The van der Waals surface area contributed by atoms with Crippen LogP contribution in [0.3, 0.4) is 0 Å². The number of aromatic nitrogens is 1. The highest BCUT2D eigenvalue weighted by atomic mass is 16.5. The van der Waals surface area contributed by atoms with Crippen molar-refractivity contribution in [2.75, 3.05) is 13.2 Å². The van der Waals surface area contributed by atoms with Crippen molar-refractivity contribution in [3.05, 3.63) is 77.7 Å². The van der Waals surface area contributed by atoms with Crippen molar-refractivity contribution in [3.63, 3.8) is 0 Å². The van der Waals surface area contributed by atoms with Crippen LogP contribution in [-0.4, -0.2) is 24.4 Å². The number of rotatable bonds is 3. The Labute approximate surface area is 151 Å². The molecule has 0 saturated carbocycles. The summed E-state index contributed by atoms with van der Waals surface area (Å²) >= 11 is 0. The van der Waals surface area contributed by atoms with Gasteiger partial charge in [-0.15, -0.1) is 0 Å². The molecule has 0 aliphatic heterocycles. The minimum atomic E-state index is -0.480. The van der Waals surface area contributed by atoms with Gasteiger partial charge >= 0.3 is 6.09 Å². The first-order valence-corrected chi connectivity index (χ1v) is 8.30. The summed E-state index contributed by atoms with van der Waals surface area (Å²) in [5.41, 5.74) is 5.45. The molecule has 0 fully saturated rings. The Bertz CT molecular complexity index is 938. The first-order chi connectivity index (χ1) is 12.8. The van der Waals surface area contributed by atoms with Gasteiger partial charge in [-0.3, -0.25) is 0 Å². The van der Waals surface area contributed by atoms with Crippen LogP contribution < -0.4 is 5.32 Å². The van der Waals surface area contributed by atoms with E-state index in [1.807, 2.05) is 24.3 Å². The molecule has 4 rings (SSSR count). The van der Waals surface area contributed by atoms with E-state index in [-0.39, 0.29) is 12.5 Å². The molecule has 5 nitrogen and oxygen atoms in total. The van der Waals surface area contributed by atoms with E-state index in [0.29, 0.717) is 12.2 Å². The lowest BCUT2D eigenvalue weighted by Gasteiger charge is -2.14. The number of carbonyl (C=O) groups is 1. The van der Waals surface area contributed by atoms with E-state index in [1.54, 1.807) is 0 Å². The summed E-state index contributed by atoms with van der Waals surface area (Å²) in [6.45, 7) is 0.487. The molecular weight excluding hydrogens is 328 g/mol.